The smallest absolute Gasteiger partial charge is 0.259 e. The van der Waals surface area contributed by atoms with Crippen molar-refractivity contribution >= 4 is 139 Å². The molecule has 0 saturated heterocycles. The fourth-order valence-electron chi connectivity index (χ4n) is 20.3. The summed E-state index contributed by atoms with van der Waals surface area (Å²) in [5.74, 6) is -0.970. The second-order valence-electron chi connectivity index (χ2n) is 37.6. The van der Waals surface area contributed by atoms with Gasteiger partial charge in [-0.05, 0) is 244 Å². The predicted octanol–water partition coefficient (Wildman–Crippen LogP) is 15.6. The average molecular weight is 1950 g/mol. The SMILES string of the molecule is CCN(C(=O)c1ccc2c(c1)nc(NC(=O)c1cccnc1)n2CC1CCC(C(N)=O)CC1)C1CCCCC1.CCN(C(=O)c1ccc2c(c1)nc(NC(=O)c1cccnc1)n2CCC(N)=O)C1CCCCC1.CCN(C(=O)c1ccc2c(c1)nc(NC(=O)c1cccnc1)n2CCCCC(N)=O)C1CCCCC1.CN(C(=O)c1ccc2c(c1)nc(NC(=O)c1cccnc1)n2CCCC(N)=O)C1CCCCC1. The Balaban J connectivity index is 0.000000152. The Hall–Kier alpha value is -15.0. The summed E-state index contributed by atoms with van der Waals surface area (Å²) in [6, 6.07) is 36.5. The first-order valence-electron chi connectivity index (χ1n) is 50.5. The molecular weight excluding hydrogens is 1810 g/mol. The van der Waals surface area contributed by atoms with Crippen LogP contribution >= 0.6 is 0 Å². The third-order valence-electron chi connectivity index (χ3n) is 28.0. The van der Waals surface area contributed by atoms with Crippen molar-refractivity contribution in [1.82, 2.24) is 77.7 Å². The number of hydrogen-bond donors (Lipinski definition) is 8. The summed E-state index contributed by atoms with van der Waals surface area (Å²) in [6.07, 6.45) is 40.7. The van der Waals surface area contributed by atoms with Gasteiger partial charge in [-0.25, -0.2) is 19.9 Å². The zero-order valence-electron chi connectivity index (χ0n) is 82.2. The number of imidazole rings is 4. The Kier molecular flexibility index (Phi) is 36.6. The molecule has 17 rings (SSSR count). The lowest BCUT2D eigenvalue weighted by molar-refractivity contribution is -0.123. The second-order valence-corrected chi connectivity index (χ2v) is 37.6. The maximum Gasteiger partial charge on any atom is 0.259 e. The van der Waals surface area contributed by atoms with Crippen molar-refractivity contribution in [3.63, 3.8) is 0 Å². The van der Waals surface area contributed by atoms with E-state index in [2.05, 4.69) is 56.2 Å². The highest BCUT2D eigenvalue weighted by Gasteiger charge is 2.34. The first kappa shape index (κ1) is 104. The molecule has 8 aromatic heterocycles. The monoisotopic (exact) mass is 1950 g/mol. The molecule has 0 atom stereocenters. The lowest BCUT2D eigenvalue weighted by atomic mass is 9.81. The van der Waals surface area contributed by atoms with Gasteiger partial charge in [-0.1, -0.05) is 77.0 Å². The van der Waals surface area contributed by atoms with E-state index in [1.807, 2.05) is 110 Å². The first-order valence-corrected chi connectivity index (χ1v) is 50.5. The van der Waals surface area contributed by atoms with Gasteiger partial charge in [0.15, 0.2) is 0 Å². The number of aryl methyl sites for hydroxylation is 3. The molecule has 752 valence electrons. The molecule has 12 amide bonds. The van der Waals surface area contributed by atoms with Gasteiger partial charge in [0.1, 0.15) is 0 Å². The number of carbonyl (C=O) groups is 12. The Bertz CT molecular complexity index is 6450. The van der Waals surface area contributed by atoms with Crippen LogP contribution in [0.3, 0.4) is 0 Å². The topological polar surface area (TPSA) is 493 Å². The molecule has 5 aliphatic rings. The van der Waals surface area contributed by atoms with Gasteiger partial charge >= 0.3 is 0 Å². The van der Waals surface area contributed by atoms with Crippen LogP contribution in [0.15, 0.2) is 171 Å². The van der Waals surface area contributed by atoms with Gasteiger partial charge in [-0.3, -0.25) is 98.7 Å². The van der Waals surface area contributed by atoms with E-state index in [1.54, 1.807) is 102 Å². The highest BCUT2D eigenvalue weighted by atomic mass is 16.2. The zero-order chi connectivity index (χ0) is 101. The quantitative estimate of drug-likeness (QED) is 0.0174. The van der Waals surface area contributed by atoms with E-state index in [9.17, 15) is 57.5 Å². The molecule has 0 radical (unpaired) electrons. The van der Waals surface area contributed by atoms with E-state index in [1.165, 1.54) is 63.3 Å². The lowest BCUT2D eigenvalue weighted by Gasteiger charge is -2.33. The van der Waals surface area contributed by atoms with Gasteiger partial charge in [-0.15, -0.1) is 0 Å². The summed E-state index contributed by atoms with van der Waals surface area (Å²) in [4.78, 5) is 193. The molecular formula is C107H132N24O12. The maximum absolute atomic E-state index is 13.6. The van der Waals surface area contributed by atoms with Crippen LogP contribution < -0.4 is 44.2 Å². The molecule has 36 heteroatoms. The summed E-state index contributed by atoms with van der Waals surface area (Å²) in [6.45, 7) is 9.97. The highest BCUT2D eigenvalue weighted by Crippen LogP contribution is 2.37. The largest absolute Gasteiger partial charge is 0.370 e. The minimum atomic E-state index is -0.454. The number of aromatic nitrogens is 12. The Morgan fingerprint density at radius 3 is 0.923 bits per heavy atom. The van der Waals surface area contributed by atoms with Crippen LogP contribution in [-0.2, 0) is 45.4 Å². The number of unbranched alkanes of at least 4 members (excludes halogenated alkanes) is 1. The number of amides is 12. The molecule has 143 heavy (non-hydrogen) atoms. The molecule has 0 spiro atoms. The van der Waals surface area contributed by atoms with Crippen LogP contribution in [0.4, 0.5) is 23.8 Å². The van der Waals surface area contributed by atoms with Crippen molar-refractivity contribution in [1.29, 1.82) is 0 Å². The molecule has 4 aromatic carbocycles. The Labute approximate surface area is 831 Å². The highest BCUT2D eigenvalue weighted by molar-refractivity contribution is 6.08. The van der Waals surface area contributed by atoms with Gasteiger partial charge < -0.3 is 60.8 Å². The number of anilines is 4. The number of nitrogens with two attached hydrogens (primary N) is 4. The van der Waals surface area contributed by atoms with E-state index in [0.29, 0.717) is 161 Å². The van der Waals surface area contributed by atoms with Crippen molar-refractivity contribution in [3.8, 4) is 0 Å². The molecule has 5 aliphatic carbocycles. The summed E-state index contributed by atoms with van der Waals surface area (Å²) >= 11 is 0. The molecule has 0 bridgehead atoms. The summed E-state index contributed by atoms with van der Waals surface area (Å²) in [5.41, 5.74) is 31.1. The fraction of sp³-hybridized carbons (Fsp3) is 0.439. The summed E-state index contributed by atoms with van der Waals surface area (Å²) in [7, 11) is 1.87. The lowest BCUT2D eigenvalue weighted by Crippen LogP contribution is -2.41. The molecule has 0 unspecified atom stereocenters. The molecule has 12 N–H and O–H groups in total. The number of pyridine rings is 4. The van der Waals surface area contributed by atoms with Crippen molar-refractivity contribution in [2.75, 3.05) is 47.9 Å². The minimum Gasteiger partial charge on any atom is -0.370 e. The van der Waals surface area contributed by atoms with E-state index in [-0.39, 0.29) is 120 Å². The zero-order valence-corrected chi connectivity index (χ0v) is 82.2. The van der Waals surface area contributed by atoms with Crippen LogP contribution in [-0.4, -0.2) is 199 Å². The predicted molar refractivity (Wildman–Crippen MR) is 547 cm³/mol. The summed E-state index contributed by atoms with van der Waals surface area (Å²) in [5, 5.41) is 11.5. The molecule has 12 aromatic rings. The van der Waals surface area contributed by atoms with Crippen LogP contribution in [0, 0.1) is 11.8 Å². The maximum atomic E-state index is 13.6. The number of primary amides is 4. The van der Waals surface area contributed by atoms with Gasteiger partial charge in [0, 0.05) is 174 Å². The third-order valence-corrected chi connectivity index (χ3v) is 28.0. The van der Waals surface area contributed by atoms with Crippen LogP contribution in [0.2, 0.25) is 0 Å². The molecule has 0 aliphatic heterocycles. The Morgan fingerprint density at radius 1 is 0.322 bits per heavy atom. The fourth-order valence-corrected chi connectivity index (χ4v) is 20.3. The van der Waals surface area contributed by atoms with Crippen molar-refractivity contribution in [2.45, 2.75) is 264 Å². The Morgan fingerprint density at radius 2 is 0.615 bits per heavy atom. The molecule has 8 heterocycles. The van der Waals surface area contributed by atoms with Crippen molar-refractivity contribution < 1.29 is 57.5 Å². The second kappa shape index (κ2) is 50.4. The van der Waals surface area contributed by atoms with E-state index >= 15 is 0 Å². The number of nitrogens with zero attached hydrogens (tertiary/aromatic N) is 16. The number of benzene rings is 4. The molecule has 36 nitrogen and oxygen atoms in total. The van der Waals surface area contributed by atoms with Crippen molar-refractivity contribution in [2.24, 2.45) is 34.8 Å². The van der Waals surface area contributed by atoms with Crippen molar-refractivity contribution in [3.05, 3.63) is 215 Å². The van der Waals surface area contributed by atoms with Gasteiger partial charge in [-0.2, -0.15) is 0 Å². The molecule has 5 saturated carbocycles. The van der Waals surface area contributed by atoms with Gasteiger partial charge in [0.05, 0.1) is 66.4 Å². The average Bonchev–Trinajstić information content (AvgIpc) is 1.60. The van der Waals surface area contributed by atoms with E-state index in [0.717, 1.165) is 132 Å². The molecule has 5 fully saturated rings. The van der Waals surface area contributed by atoms with Crippen LogP contribution in [0.1, 0.15) is 296 Å². The van der Waals surface area contributed by atoms with Crippen LogP contribution in [0.5, 0.6) is 0 Å². The van der Waals surface area contributed by atoms with Gasteiger partial charge in [0.25, 0.3) is 47.3 Å². The van der Waals surface area contributed by atoms with Crippen LogP contribution in [0.25, 0.3) is 44.1 Å². The minimum absolute atomic E-state index is 0.0102. The number of rotatable bonds is 34. The number of carbonyl (C=O) groups excluding carboxylic acids is 12. The van der Waals surface area contributed by atoms with E-state index in [4.69, 9.17) is 27.9 Å². The first-order chi connectivity index (χ1) is 69.3. The third kappa shape index (κ3) is 27.0. The standard InChI is InChI=1S/C30H38N6O3.C27H34N6O3.2C25H30N6O3/c1-2-35(24-8-4-3-5-9-24)29(39)22-14-15-26-25(17-22)33-30(34-28(38)23-7-6-16-32-18-23)36(26)19-20-10-12-21(13-11-20)27(31)37;1-2-32(21-10-4-3-5-11-21)26(36)19-13-14-23-22(17-19)30-27(33(23)16-7-6-12-24(28)34)31-25(35)20-9-8-15-29-18-20;1-30(19-8-3-2-4-9-19)24(34)17-11-12-21-20(15-17)28-25(31(21)14-6-10-22(26)32)29-23(33)18-7-5-13-27-16-18;1-2-30(19-8-4-3-5-9-19)24(34)17-10-11-21-20(15-17)28-25(31(21)14-12-22(26)32)29-23(33)18-7-6-13-27-16-18/h6-7,14-18,20-21,24H,2-5,8-13,19H2,1H3,(H2,31,37)(H,33,34,38);8-9,13-15,17-18,21H,2-7,10-12,16H2,1H3,(H2,28,34)(H,30,31,35);5,7,11-13,15-16,19H,2-4,6,8-10,14H2,1H3,(H2,26,32)(H,28,29,33);6-7,10-11,13,15-16,19H,2-5,8-9,12,14H2,1H3,(H2,26,32)(H,28,29,33). The number of nitrogens with one attached hydrogen (secondary N) is 4. The number of hydrogen-bond acceptors (Lipinski definition) is 20. The summed E-state index contributed by atoms with van der Waals surface area (Å²) < 4.78 is 7.52. The van der Waals surface area contributed by atoms with E-state index < -0.39 is 5.91 Å². The normalized spacial score (nSPS) is 15.7. The van der Waals surface area contributed by atoms with Gasteiger partial charge in [0.2, 0.25) is 47.4 Å². The number of fused-ring (bicyclic) bond motifs is 4.